The number of benzene rings is 1. The average Bonchev–Trinajstić information content (AvgIpc) is 2.93. The summed E-state index contributed by atoms with van der Waals surface area (Å²) >= 11 is 0. The Bertz CT molecular complexity index is 521. The zero-order valence-electron chi connectivity index (χ0n) is 10.6. The molecule has 3 rings (SSSR count). The normalized spacial score (nSPS) is 18.4. The van der Waals surface area contributed by atoms with E-state index >= 15 is 0 Å². The molecule has 0 bridgehead atoms. The summed E-state index contributed by atoms with van der Waals surface area (Å²) < 4.78 is 5.32. The van der Waals surface area contributed by atoms with Crippen LogP contribution in [0.4, 0.5) is 11.4 Å². The second-order valence-corrected chi connectivity index (χ2v) is 5.02. The Hall–Kier alpha value is -2.04. The monoisotopic (exact) mass is 260 g/mol. The second-order valence-electron chi connectivity index (χ2n) is 5.02. The van der Waals surface area contributed by atoms with E-state index in [1.165, 1.54) is 0 Å². The quantitative estimate of drug-likeness (QED) is 0.856. The number of fused-ring (bicyclic) bond motifs is 1. The molecule has 0 atom stereocenters. The molecule has 0 radical (unpaired) electrons. The summed E-state index contributed by atoms with van der Waals surface area (Å²) in [7, 11) is 0. The molecule has 19 heavy (non-hydrogen) atoms. The van der Waals surface area contributed by atoms with Crippen molar-refractivity contribution in [1.82, 2.24) is 0 Å². The molecule has 2 aliphatic rings. The first-order chi connectivity index (χ1) is 9.22. The first-order valence-electron chi connectivity index (χ1n) is 6.60. The lowest BCUT2D eigenvalue weighted by Gasteiger charge is -2.19. The van der Waals surface area contributed by atoms with Crippen molar-refractivity contribution in [2.24, 2.45) is 5.92 Å². The van der Waals surface area contributed by atoms with Crippen LogP contribution < -0.4 is 15.4 Å². The van der Waals surface area contributed by atoms with Gasteiger partial charge in [-0.1, -0.05) is 12.8 Å². The minimum absolute atomic E-state index is 0.0209. The fourth-order valence-corrected chi connectivity index (χ4v) is 2.58. The molecule has 1 aromatic carbocycles. The minimum atomic E-state index is -0.157. The van der Waals surface area contributed by atoms with Crippen LogP contribution in [0.3, 0.4) is 0 Å². The van der Waals surface area contributed by atoms with E-state index in [1.54, 1.807) is 18.2 Å². The van der Waals surface area contributed by atoms with Gasteiger partial charge in [-0.15, -0.1) is 0 Å². The summed E-state index contributed by atoms with van der Waals surface area (Å²) in [5, 5.41) is 5.63. The molecule has 5 heteroatoms. The lowest BCUT2D eigenvalue weighted by atomic mass is 10.1. The number of hydrogen-bond acceptors (Lipinski definition) is 3. The highest BCUT2D eigenvalue weighted by atomic mass is 16.5. The highest BCUT2D eigenvalue weighted by Gasteiger charge is 2.23. The number of hydrogen-bond donors (Lipinski definition) is 2. The molecular weight excluding hydrogens is 244 g/mol. The zero-order valence-corrected chi connectivity index (χ0v) is 10.6. The molecule has 0 saturated heterocycles. The van der Waals surface area contributed by atoms with Crippen LogP contribution in [0.5, 0.6) is 5.75 Å². The number of anilines is 2. The van der Waals surface area contributed by atoms with Gasteiger partial charge in [0.1, 0.15) is 5.75 Å². The van der Waals surface area contributed by atoms with Crippen molar-refractivity contribution in [1.29, 1.82) is 0 Å². The highest BCUT2D eigenvalue weighted by molar-refractivity contribution is 5.97. The lowest BCUT2D eigenvalue weighted by molar-refractivity contribution is -0.120. The molecule has 1 aliphatic heterocycles. The maximum atomic E-state index is 12.0. The standard InChI is InChI=1S/C14H16N2O3/c17-13-8-19-12-7-10(5-6-11(12)16-13)15-14(18)9-3-1-2-4-9/h5-7,9H,1-4,8H2,(H,15,18)(H,16,17). The second kappa shape index (κ2) is 4.91. The van der Waals surface area contributed by atoms with Crippen molar-refractivity contribution in [2.45, 2.75) is 25.7 Å². The Morgan fingerprint density at radius 3 is 2.89 bits per heavy atom. The van der Waals surface area contributed by atoms with Gasteiger partial charge in [0, 0.05) is 17.7 Å². The van der Waals surface area contributed by atoms with Gasteiger partial charge in [-0.05, 0) is 25.0 Å². The van der Waals surface area contributed by atoms with Gasteiger partial charge in [-0.2, -0.15) is 0 Å². The third-order valence-corrected chi connectivity index (χ3v) is 3.61. The van der Waals surface area contributed by atoms with E-state index in [2.05, 4.69) is 10.6 Å². The third-order valence-electron chi connectivity index (χ3n) is 3.61. The van der Waals surface area contributed by atoms with E-state index in [9.17, 15) is 9.59 Å². The molecular formula is C14H16N2O3. The van der Waals surface area contributed by atoms with E-state index in [0.29, 0.717) is 17.1 Å². The van der Waals surface area contributed by atoms with E-state index < -0.39 is 0 Å². The van der Waals surface area contributed by atoms with Gasteiger partial charge < -0.3 is 15.4 Å². The van der Waals surface area contributed by atoms with Crippen LogP contribution in [-0.2, 0) is 9.59 Å². The molecule has 0 aromatic heterocycles. The maximum Gasteiger partial charge on any atom is 0.262 e. The summed E-state index contributed by atoms with van der Waals surface area (Å²) in [6.45, 7) is 0.0209. The van der Waals surface area contributed by atoms with Crippen molar-refractivity contribution >= 4 is 23.2 Å². The highest BCUT2D eigenvalue weighted by Crippen LogP contribution is 2.31. The van der Waals surface area contributed by atoms with Crippen molar-refractivity contribution in [2.75, 3.05) is 17.2 Å². The maximum absolute atomic E-state index is 12.0. The number of carbonyl (C=O) groups is 2. The summed E-state index contributed by atoms with van der Waals surface area (Å²) in [6.07, 6.45) is 4.22. The van der Waals surface area contributed by atoms with Crippen LogP contribution in [0.2, 0.25) is 0 Å². The van der Waals surface area contributed by atoms with Crippen molar-refractivity contribution < 1.29 is 14.3 Å². The molecule has 1 saturated carbocycles. The van der Waals surface area contributed by atoms with Crippen molar-refractivity contribution in [3.63, 3.8) is 0 Å². The predicted octanol–water partition coefficient (Wildman–Crippen LogP) is 2.15. The largest absolute Gasteiger partial charge is 0.482 e. The Kier molecular flexibility index (Phi) is 3.11. The molecule has 100 valence electrons. The van der Waals surface area contributed by atoms with E-state index in [-0.39, 0.29) is 24.3 Å². The summed E-state index contributed by atoms with van der Waals surface area (Å²) in [5.41, 5.74) is 1.36. The Balaban J connectivity index is 1.71. The topological polar surface area (TPSA) is 67.4 Å². The van der Waals surface area contributed by atoms with Gasteiger partial charge in [0.25, 0.3) is 5.91 Å². The van der Waals surface area contributed by atoms with Gasteiger partial charge in [-0.3, -0.25) is 9.59 Å². The van der Waals surface area contributed by atoms with Gasteiger partial charge in [0.05, 0.1) is 5.69 Å². The number of nitrogens with one attached hydrogen (secondary N) is 2. The van der Waals surface area contributed by atoms with Crippen LogP contribution in [0, 0.1) is 5.92 Å². The molecule has 1 heterocycles. The summed E-state index contributed by atoms with van der Waals surface area (Å²) in [6, 6.07) is 5.28. The molecule has 1 aromatic rings. The molecule has 2 amide bonds. The van der Waals surface area contributed by atoms with Crippen LogP contribution >= 0.6 is 0 Å². The zero-order chi connectivity index (χ0) is 13.2. The first kappa shape index (κ1) is 12.0. The van der Waals surface area contributed by atoms with Gasteiger partial charge in [-0.25, -0.2) is 0 Å². The van der Waals surface area contributed by atoms with Gasteiger partial charge >= 0.3 is 0 Å². The minimum Gasteiger partial charge on any atom is -0.482 e. The van der Waals surface area contributed by atoms with Crippen LogP contribution in [0.15, 0.2) is 18.2 Å². The summed E-state index contributed by atoms with van der Waals surface area (Å²) in [4.78, 5) is 23.2. The number of amides is 2. The van der Waals surface area contributed by atoms with Crippen molar-refractivity contribution in [3.05, 3.63) is 18.2 Å². The number of carbonyl (C=O) groups excluding carboxylic acids is 2. The van der Waals surface area contributed by atoms with E-state index in [4.69, 9.17) is 4.74 Å². The van der Waals surface area contributed by atoms with Crippen LogP contribution in [-0.4, -0.2) is 18.4 Å². The lowest BCUT2D eigenvalue weighted by Crippen LogP contribution is -2.25. The molecule has 5 nitrogen and oxygen atoms in total. The number of ether oxygens (including phenoxy) is 1. The molecule has 0 unspecified atom stereocenters. The molecule has 2 N–H and O–H groups in total. The van der Waals surface area contributed by atoms with E-state index in [1.807, 2.05) is 0 Å². The third kappa shape index (κ3) is 2.54. The number of rotatable bonds is 2. The summed E-state index contributed by atoms with van der Waals surface area (Å²) in [5.74, 6) is 0.660. The predicted molar refractivity (Wildman–Crippen MR) is 71.2 cm³/mol. The SMILES string of the molecule is O=C1COc2cc(NC(=O)C3CCCC3)ccc2N1. The van der Waals surface area contributed by atoms with Gasteiger partial charge in [0.15, 0.2) is 6.61 Å². The van der Waals surface area contributed by atoms with Crippen molar-refractivity contribution in [3.8, 4) is 5.75 Å². The molecule has 1 fully saturated rings. The molecule has 0 spiro atoms. The van der Waals surface area contributed by atoms with E-state index in [0.717, 1.165) is 25.7 Å². The fraction of sp³-hybridized carbons (Fsp3) is 0.429. The Morgan fingerprint density at radius 1 is 1.32 bits per heavy atom. The first-order valence-corrected chi connectivity index (χ1v) is 6.60. The van der Waals surface area contributed by atoms with Gasteiger partial charge in [0.2, 0.25) is 5.91 Å². The fourth-order valence-electron chi connectivity index (χ4n) is 2.58. The average molecular weight is 260 g/mol. The smallest absolute Gasteiger partial charge is 0.262 e. The Labute approximate surface area is 111 Å². The van der Waals surface area contributed by atoms with Crippen LogP contribution in [0.1, 0.15) is 25.7 Å². The van der Waals surface area contributed by atoms with Crippen LogP contribution in [0.25, 0.3) is 0 Å². The Morgan fingerprint density at radius 2 is 2.11 bits per heavy atom. The molecule has 1 aliphatic carbocycles.